The summed E-state index contributed by atoms with van der Waals surface area (Å²) < 4.78 is 89.7. The molecule has 1 aromatic rings. The zero-order valence-corrected chi connectivity index (χ0v) is 8.85. The van der Waals surface area contributed by atoms with E-state index in [1.807, 2.05) is 0 Å². The Hall–Kier alpha value is -1.80. The Balaban J connectivity index is 3.08. The minimum atomic E-state index is -5.74. The van der Waals surface area contributed by atoms with Crippen molar-refractivity contribution in [3.63, 3.8) is 0 Å². The van der Waals surface area contributed by atoms with Crippen molar-refractivity contribution >= 4 is 6.29 Å². The molecule has 0 radical (unpaired) electrons. The molecule has 0 amide bonds. The Bertz CT molecular complexity index is 450. The second-order valence-corrected chi connectivity index (χ2v) is 3.39. The van der Waals surface area contributed by atoms with Gasteiger partial charge in [0.25, 0.3) is 6.10 Å². The first-order valence-corrected chi connectivity index (χ1v) is 4.60. The van der Waals surface area contributed by atoms with Crippen LogP contribution in [0.25, 0.3) is 0 Å². The lowest BCUT2D eigenvalue weighted by molar-refractivity contribution is -0.300. The number of carbonyl (C=O) groups excluding carboxylic acids is 1. The van der Waals surface area contributed by atoms with E-state index in [0.717, 1.165) is 6.07 Å². The maximum Gasteiger partial charge on any atom is 0.434 e. The van der Waals surface area contributed by atoms with E-state index in [0.29, 0.717) is 12.1 Å². The second kappa shape index (κ2) is 5.06. The maximum absolute atomic E-state index is 13.2. The fourth-order valence-electron chi connectivity index (χ4n) is 1.13. The molecular formula is C10H5F7O2. The quantitative estimate of drug-likeness (QED) is 0.629. The third-order valence-electron chi connectivity index (χ3n) is 1.93. The van der Waals surface area contributed by atoms with E-state index < -0.39 is 30.0 Å². The predicted molar refractivity (Wildman–Crippen MR) is 48.3 cm³/mol. The summed E-state index contributed by atoms with van der Waals surface area (Å²) in [6, 6.07) is 1.81. The molecule has 9 heteroatoms. The average molecular weight is 290 g/mol. The first-order valence-electron chi connectivity index (χ1n) is 4.60. The smallest absolute Gasteiger partial charge is 0.434 e. The normalized spacial score (nSPS) is 12.6. The number of hydrogen-bond acceptors (Lipinski definition) is 2. The number of halogens is 7. The van der Waals surface area contributed by atoms with Crippen molar-refractivity contribution in [2.24, 2.45) is 0 Å². The van der Waals surface area contributed by atoms with E-state index in [2.05, 4.69) is 4.74 Å². The Kier molecular flexibility index (Phi) is 4.06. The van der Waals surface area contributed by atoms with Gasteiger partial charge in [0, 0.05) is 5.56 Å². The van der Waals surface area contributed by atoms with Gasteiger partial charge in [0.2, 0.25) is 0 Å². The highest BCUT2D eigenvalue weighted by atomic mass is 19.4. The zero-order chi connectivity index (χ0) is 14.8. The van der Waals surface area contributed by atoms with Crippen LogP contribution < -0.4 is 4.74 Å². The highest BCUT2D eigenvalue weighted by Crippen LogP contribution is 2.37. The van der Waals surface area contributed by atoms with Gasteiger partial charge in [-0.05, 0) is 18.2 Å². The third kappa shape index (κ3) is 3.83. The van der Waals surface area contributed by atoms with Crippen molar-refractivity contribution in [1.29, 1.82) is 0 Å². The van der Waals surface area contributed by atoms with Crippen LogP contribution in [0.5, 0.6) is 5.75 Å². The Morgan fingerprint density at radius 2 is 1.58 bits per heavy atom. The number of alkyl halides is 6. The standard InChI is InChI=1S/C10H5F7O2/c11-6-3-5(4-18)1-2-7(6)19-8(9(12,13)14)10(15,16)17/h1-4,8H. The summed E-state index contributed by atoms with van der Waals surface area (Å²) in [5.74, 6) is -2.74. The lowest BCUT2D eigenvalue weighted by Gasteiger charge is -2.24. The van der Waals surface area contributed by atoms with E-state index in [1.54, 1.807) is 0 Å². The highest BCUT2D eigenvalue weighted by molar-refractivity contribution is 5.74. The topological polar surface area (TPSA) is 26.3 Å². The van der Waals surface area contributed by atoms with Crippen molar-refractivity contribution in [3.8, 4) is 5.75 Å². The van der Waals surface area contributed by atoms with E-state index in [4.69, 9.17) is 0 Å². The lowest BCUT2D eigenvalue weighted by Crippen LogP contribution is -2.46. The van der Waals surface area contributed by atoms with E-state index in [9.17, 15) is 35.5 Å². The molecular weight excluding hydrogens is 285 g/mol. The van der Waals surface area contributed by atoms with Gasteiger partial charge in [0.1, 0.15) is 6.29 Å². The van der Waals surface area contributed by atoms with Gasteiger partial charge in [-0.3, -0.25) is 4.79 Å². The SMILES string of the molecule is O=Cc1ccc(OC(C(F)(F)F)C(F)(F)F)c(F)c1. The summed E-state index contributed by atoms with van der Waals surface area (Å²) in [6.07, 6.45) is -15.4. The number of rotatable bonds is 3. The molecule has 0 aliphatic heterocycles. The van der Waals surface area contributed by atoms with Crippen LogP contribution in [0.15, 0.2) is 18.2 Å². The summed E-state index contributed by atoms with van der Waals surface area (Å²) in [6.45, 7) is 0. The maximum atomic E-state index is 13.2. The van der Waals surface area contributed by atoms with Gasteiger partial charge >= 0.3 is 12.4 Å². The van der Waals surface area contributed by atoms with E-state index >= 15 is 0 Å². The van der Waals surface area contributed by atoms with Crippen LogP contribution in [-0.4, -0.2) is 24.7 Å². The van der Waals surface area contributed by atoms with Crippen molar-refractivity contribution < 1.29 is 40.3 Å². The van der Waals surface area contributed by atoms with Gasteiger partial charge in [0.05, 0.1) is 0 Å². The van der Waals surface area contributed by atoms with Gasteiger partial charge in [-0.15, -0.1) is 0 Å². The van der Waals surface area contributed by atoms with Gasteiger partial charge in [-0.2, -0.15) is 26.3 Å². The van der Waals surface area contributed by atoms with Crippen molar-refractivity contribution in [2.75, 3.05) is 0 Å². The zero-order valence-electron chi connectivity index (χ0n) is 8.85. The predicted octanol–water partition coefficient (Wildman–Crippen LogP) is 3.51. The van der Waals surface area contributed by atoms with Crippen LogP contribution >= 0.6 is 0 Å². The summed E-state index contributed by atoms with van der Waals surface area (Å²) in [5, 5.41) is 0. The first kappa shape index (κ1) is 15.3. The molecule has 0 unspecified atom stereocenters. The van der Waals surface area contributed by atoms with Crippen molar-refractivity contribution in [3.05, 3.63) is 29.6 Å². The average Bonchev–Trinajstić information content (AvgIpc) is 2.23. The number of hydrogen-bond donors (Lipinski definition) is 0. The minimum absolute atomic E-state index is 0.178. The molecule has 1 aromatic carbocycles. The first-order chi connectivity index (χ1) is 8.55. The summed E-state index contributed by atoms with van der Waals surface area (Å²) in [5.41, 5.74) is -0.250. The van der Waals surface area contributed by atoms with Crippen molar-refractivity contribution in [1.82, 2.24) is 0 Å². The van der Waals surface area contributed by atoms with Gasteiger partial charge < -0.3 is 4.74 Å². The second-order valence-electron chi connectivity index (χ2n) is 3.39. The minimum Gasteiger partial charge on any atom is -0.468 e. The molecule has 0 N–H and O–H groups in total. The molecule has 0 spiro atoms. The summed E-state index contributed by atoms with van der Waals surface area (Å²) >= 11 is 0. The molecule has 0 aliphatic rings. The van der Waals surface area contributed by atoms with Crippen LogP contribution in [0.2, 0.25) is 0 Å². The summed E-state index contributed by atoms with van der Waals surface area (Å²) in [4.78, 5) is 10.2. The molecule has 0 atom stereocenters. The number of ether oxygens (including phenoxy) is 1. The van der Waals surface area contributed by atoms with Crippen LogP contribution in [-0.2, 0) is 0 Å². The number of aldehydes is 1. The molecule has 0 fully saturated rings. The Morgan fingerprint density at radius 1 is 1.05 bits per heavy atom. The van der Waals surface area contributed by atoms with Crippen LogP contribution in [0.1, 0.15) is 10.4 Å². The molecule has 19 heavy (non-hydrogen) atoms. The number of benzene rings is 1. The molecule has 0 saturated heterocycles. The van der Waals surface area contributed by atoms with Crippen LogP contribution in [0.4, 0.5) is 30.7 Å². The van der Waals surface area contributed by atoms with Gasteiger partial charge in [-0.1, -0.05) is 0 Å². The molecule has 0 bridgehead atoms. The van der Waals surface area contributed by atoms with E-state index in [-0.39, 0.29) is 11.8 Å². The molecule has 0 aliphatic carbocycles. The fraction of sp³-hybridized carbons (Fsp3) is 0.300. The summed E-state index contributed by atoms with van der Waals surface area (Å²) in [7, 11) is 0. The number of carbonyl (C=O) groups is 1. The molecule has 2 nitrogen and oxygen atoms in total. The monoisotopic (exact) mass is 290 g/mol. The Labute approximate surface area is 101 Å². The third-order valence-corrected chi connectivity index (χ3v) is 1.93. The molecule has 0 aromatic heterocycles. The van der Waals surface area contributed by atoms with Gasteiger partial charge in [0.15, 0.2) is 11.6 Å². The lowest BCUT2D eigenvalue weighted by atomic mass is 10.2. The van der Waals surface area contributed by atoms with E-state index in [1.165, 1.54) is 0 Å². The van der Waals surface area contributed by atoms with Crippen LogP contribution in [0, 0.1) is 5.82 Å². The van der Waals surface area contributed by atoms with Crippen LogP contribution in [0.3, 0.4) is 0 Å². The Morgan fingerprint density at radius 3 is 1.95 bits per heavy atom. The van der Waals surface area contributed by atoms with Crippen molar-refractivity contribution in [2.45, 2.75) is 18.5 Å². The van der Waals surface area contributed by atoms with Gasteiger partial charge in [-0.25, -0.2) is 4.39 Å². The highest BCUT2D eigenvalue weighted by Gasteiger charge is 2.59. The molecule has 0 saturated carbocycles. The molecule has 1 rings (SSSR count). The fourth-order valence-corrected chi connectivity index (χ4v) is 1.13. The molecule has 106 valence electrons. The largest absolute Gasteiger partial charge is 0.468 e. The molecule has 0 heterocycles.